The van der Waals surface area contributed by atoms with Gasteiger partial charge in [-0.1, -0.05) is 5.21 Å². The zero-order valence-corrected chi connectivity index (χ0v) is 12.2. The third-order valence-corrected chi connectivity index (χ3v) is 3.63. The molecule has 106 valence electrons. The summed E-state index contributed by atoms with van der Waals surface area (Å²) in [5, 5.41) is 11.1. The van der Waals surface area contributed by atoms with Gasteiger partial charge in [-0.25, -0.2) is 0 Å². The van der Waals surface area contributed by atoms with Crippen molar-refractivity contribution in [1.29, 1.82) is 0 Å². The van der Waals surface area contributed by atoms with E-state index in [-0.39, 0.29) is 0 Å². The molecule has 0 saturated heterocycles. The normalized spacial score (nSPS) is 10.6. The number of nitrogens with zero attached hydrogens (tertiary/aromatic N) is 3. The molecule has 0 aliphatic heterocycles. The van der Waals surface area contributed by atoms with Crippen molar-refractivity contribution in [2.45, 2.75) is 13.8 Å². The summed E-state index contributed by atoms with van der Waals surface area (Å²) in [7, 11) is 1.68. The van der Waals surface area contributed by atoms with Crippen LogP contribution in [0.2, 0.25) is 0 Å². The van der Waals surface area contributed by atoms with Crippen LogP contribution in [0.15, 0.2) is 36.7 Å². The van der Waals surface area contributed by atoms with Gasteiger partial charge in [0.25, 0.3) is 0 Å². The van der Waals surface area contributed by atoms with E-state index >= 15 is 0 Å². The van der Waals surface area contributed by atoms with Crippen molar-refractivity contribution in [3.05, 3.63) is 47.8 Å². The number of benzene rings is 1. The molecule has 0 atom stereocenters. The van der Waals surface area contributed by atoms with E-state index in [0.717, 1.165) is 39.4 Å². The Balaban J connectivity index is 2.15. The molecule has 0 bridgehead atoms. The smallest absolute Gasteiger partial charge is 0.122 e. The first-order valence-corrected chi connectivity index (χ1v) is 6.67. The van der Waals surface area contributed by atoms with Gasteiger partial charge in [-0.3, -0.25) is 10.1 Å². The van der Waals surface area contributed by atoms with E-state index in [9.17, 15) is 0 Å². The molecule has 0 fully saturated rings. The lowest BCUT2D eigenvalue weighted by Crippen LogP contribution is -1.93. The minimum Gasteiger partial charge on any atom is -0.496 e. The monoisotopic (exact) mass is 280 g/mol. The number of ether oxygens (including phenoxy) is 1. The van der Waals surface area contributed by atoms with E-state index in [2.05, 4.69) is 33.4 Å². The summed E-state index contributed by atoms with van der Waals surface area (Å²) in [6, 6.07) is 7.94. The summed E-state index contributed by atoms with van der Waals surface area (Å²) in [6.45, 7) is 4.11. The average Bonchev–Trinajstić information content (AvgIpc) is 3.00. The fourth-order valence-electron chi connectivity index (χ4n) is 2.33. The molecule has 1 N–H and O–H groups in total. The van der Waals surface area contributed by atoms with Crippen molar-refractivity contribution >= 4 is 0 Å². The molecule has 0 amide bonds. The van der Waals surface area contributed by atoms with Crippen molar-refractivity contribution in [3.8, 4) is 28.3 Å². The molecular formula is C16H16N4O. The van der Waals surface area contributed by atoms with Crippen LogP contribution in [0.4, 0.5) is 0 Å². The predicted octanol–water partition coefficient (Wildman–Crippen LogP) is 3.16. The number of aromatic nitrogens is 4. The number of H-pyrrole nitrogens is 1. The van der Waals surface area contributed by atoms with Gasteiger partial charge in [0.15, 0.2) is 0 Å². The molecule has 0 spiro atoms. The minimum absolute atomic E-state index is 0.808. The van der Waals surface area contributed by atoms with Gasteiger partial charge in [0.05, 0.1) is 12.8 Å². The van der Waals surface area contributed by atoms with E-state index in [1.165, 1.54) is 0 Å². The number of methoxy groups -OCH3 is 1. The van der Waals surface area contributed by atoms with E-state index < -0.39 is 0 Å². The van der Waals surface area contributed by atoms with Crippen LogP contribution < -0.4 is 4.74 Å². The van der Waals surface area contributed by atoms with Gasteiger partial charge in [-0.05, 0) is 49.2 Å². The standard InChI is InChI=1S/C16H16N4O/c1-10-8-13(9-14(21-3)11(10)2)16-15(18-20-19-16)12-4-6-17-7-5-12/h4-9H,1-3H3,(H,18,19,20). The molecule has 0 aliphatic carbocycles. The Bertz CT molecular complexity index is 765. The highest BCUT2D eigenvalue weighted by atomic mass is 16.5. The van der Waals surface area contributed by atoms with Gasteiger partial charge in [-0.2, -0.15) is 0 Å². The molecule has 3 aromatic rings. The summed E-state index contributed by atoms with van der Waals surface area (Å²) >= 11 is 0. The Hall–Kier alpha value is -2.69. The van der Waals surface area contributed by atoms with Crippen LogP contribution in [0, 0.1) is 13.8 Å². The molecular weight excluding hydrogens is 264 g/mol. The Labute approximate surface area is 123 Å². The number of hydrogen-bond acceptors (Lipinski definition) is 4. The van der Waals surface area contributed by atoms with Gasteiger partial charge in [-0.15, -0.1) is 5.10 Å². The number of hydrogen-bond donors (Lipinski definition) is 1. The molecule has 0 radical (unpaired) electrons. The summed E-state index contributed by atoms with van der Waals surface area (Å²) in [5.74, 6) is 0.855. The maximum atomic E-state index is 5.44. The van der Waals surface area contributed by atoms with Crippen LogP contribution in [0.25, 0.3) is 22.5 Å². The fourth-order valence-corrected chi connectivity index (χ4v) is 2.33. The predicted molar refractivity (Wildman–Crippen MR) is 81.1 cm³/mol. The highest BCUT2D eigenvalue weighted by Crippen LogP contribution is 2.33. The van der Waals surface area contributed by atoms with Gasteiger partial charge >= 0.3 is 0 Å². The van der Waals surface area contributed by atoms with Crippen LogP contribution in [0.3, 0.4) is 0 Å². The van der Waals surface area contributed by atoms with Crippen molar-refractivity contribution in [1.82, 2.24) is 20.4 Å². The van der Waals surface area contributed by atoms with Gasteiger partial charge in [0.2, 0.25) is 0 Å². The van der Waals surface area contributed by atoms with E-state index in [1.807, 2.05) is 25.1 Å². The zero-order valence-electron chi connectivity index (χ0n) is 12.2. The third kappa shape index (κ3) is 2.38. The third-order valence-electron chi connectivity index (χ3n) is 3.63. The summed E-state index contributed by atoms with van der Waals surface area (Å²) in [5.41, 5.74) is 5.96. The molecule has 5 nitrogen and oxygen atoms in total. The zero-order chi connectivity index (χ0) is 14.8. The van der Waals surface area contributed by atoms with Gasteiger partial charge in [0.1, 0.15) is 11.4 Å². The average molecular weight is 280 g/mol. The SMILES string of the molecule is COc1cc(-c2nn[nH]c2-c2ccncc2)cc(C)c1C. The van der Waals surface area contributed by atoms with Crippen LogP contribution >= 0.6 is 0 Å². The highest BCUT2D eigenvalue weighted by Gasteiger charge is 2.14. The Morgan fingerprint density at radius 2 is 1.81 bits per heavy atom. The number of rotatable bonds is 3. The summed E-state index contributed by atoms with van der Waals surface area (Å²) in [4.78, 5) is 4.04. The molecule has 0 saturated carbocycles. The second-order valence-corrected chi connectivity index (χ2v) is 4.89. The highest BCUT2D eigenvalue weighted by molar-refractivity contribution is 5.78. The second kappa shape index (κ2) is 5.36. The first-order valence-electron chi connectivity index (χ1n) is 6.67. The fraction of sp³-hybridized carbons (Fsp3) is 0.188. The lowest BCUT2D eigenvalue weighted by molar-refractivity contribution is 0.411. The topological polar surface area (TPSA) is 63.7 Å². The van der Waals surface area contributed by atoms with Gasteiger partial charge < -0.3 is 4.74 Å². The number of nitrogens with one attached hydrogen (secondary N) is 1. The first-order chi connectivity index (χ1) is 10.2. The van der Waals surface area contributed by atoms with E-state index in [0.29, 0.717) is 0 Å². The number of aryl methyl sites for hydroxylation is 1. The lowest BCUT2D eigenvalue weighted by Gasteiger charge is -2.10. The molecule has 0 unspecified atom stereocenters. The Morgan fingerprint density at radius 1 is 1.05 bits per heavy atom. The van der Waals surface area contributed by atoms with Crippen LogP contribution in [-0.4, -0.2) is 27.5 Å². The van der Waals surface area contributed by atoms with E-state index in [4.69, 9.17) is 4.74 Å². The first kappa shape index (κ1) is 13.3. The second-order valence-electron chi connectivity index (χ2n) is 4.89. The van der Waals surface area contributed by atoms with Crippen molar-refractivity contribution in [2.24, 2.45) is 0 Å². The van der Waals surface area contributed by atoms with Crippen molar-refractivity contribution in [2.75, 3.05) is 7.11 Å². The molecule has 0 aliphatic rings. The Kier molecular flexibility index (Phi) is 3.39. The molecule has 1 aromatic carbocycles. The summed E-state index contributed by atoms with van der Waals surface area (Å²) < 4.78 is 5.44. The maximum absolute atomic E-state index is 5.44. The van der Waals surface area contributed by atoms with Crippen molar-refractivity contribution in [3.63, 3.8) is 0 Å². The lowest BCUT2D eigenvalue weighted by atomic mass is 10.0. The molecule has 5 heteroatoms. The van der Waals surface area contributed by atoms with E-state index in [1.54, 1.807) is 19.5 Å². The summed E-state index contributed by atoms with van der Waals surface area (Å²) in [6.07, 6.45) is 3.50. The molecule has 3 rings (SSSR count). The van der Waals surface area contributed by atoms with Crippen LogP contribution in [-0.2, 0) is 0 Å². The number of pyridine rings is 1. The van der Waals surface area contributed by atoms with Gasteiger partial charge in [0, 0.05) is 23.5 Å². The Morgan fingerprint density at radius 3 is 2.52 bits per heavy atom. The van der Waals surface area contributed by atoms with Crippen molar-refractivity contribution < 1.29 is 4.74 Å². The largest absolute Gasteiger partial charge is 0.496 e. The minimum atomic E-state index is 0.808. The maximum Gasteiger partial charge on any atom is 0.122 e. The number of aromatic amines is 1. The van der Waals surface area contributed by atoms with Crippen LogP contribution in [0.5, 0.6) is 5.75 Å². The molecule has 2 heterocycles. The molecule has 2 aromatic heterocycles. The molecule has 21 heavy (non-hydrogen) atoms. The quantitative estimate of drug-likeness (QED) is 0.800. The van der Waals surface area contributed by atoms with Crippen LogP contribution in [0.1, 0.15) is 11.1 Å².